The lowest BCUT2D eigenvalue weighted by molar-refractivity contribution is -0.172. The fourth-order valence-corrected chi connectivity index (χ4v) is 5.71. The van der Waals surface area contributed by atoms with E-state index in [2.05, 4.69) is 64.9 Å². The van der Waals surface area contributed by atoms with Crippen LogP contribution in [-0.2, 0) is 5.41 Å². The smallest absolute Gasteiger partial charge is 0.139 e. The zero-order valence-corrected chi connectivity index (χ0v) is 14.8. The maximum atomic E-state index is 6.45. The van der Waals surface area contributed by atoms with E-state index in [0.29, 0.717) is 6.04 Å². The van der Waals surface area contributed by atoms with Gasteiger partial charge in [0.2, 0.25) is 0 Å². The molecule has 0 amide bonds. The van der Waals surface area contributed by atoms with Gasteiger partial charge in [-0.25, -0.2) is 0 Å². The molecule has 4 nitrogen and oxygen atoms in total. The van der Waals surface area contributed by atoms with Crippen molar-refractivity contribution < 1.29 is 4.42 Å². The minimum Gasteiger partial charge on any atom is -0.456 e. The number of rotatable bonds is 1. The van der Waals surface area contributed by atoms with Crippen molar-refractivity contribution >= 4 is 21.9 Å². The Morgan fingerprint density at radius 1 is 0.960 bits per heavy atom. The van der Waals surface area contributed by atoms with Crippen LogP contribution in [0.3, 0.4) is 0 Å². The summed E-state index contributed by atoms with van der Waals surface area (Å²) in [5, 5.41) is 2.50. The number of para-hydroxylation sites is 1. The molecule has 0 spiro atoms. The summed E-state index contributed by atoms with van der Waals surface area (Å²) in [4.78, 5) is 7.80. The van der Waals surface area contributed by atoms with Crippen LogP contribution >= 0.6 is 0 Å². The molecule has 1 aromatic heterocycles. The first kappa shape index (κ1) is 14.3. The van der Waals surface area contributed by atoms with Gasteiger partial charge >= 0.3 is 0 Å². The number of furan rings is 1. The first-order valence-electron chi connectivity index (χ1n) is 9.26. The molecule has 25 heavy (non-hydrogen) atoms. The first-order valence-corrected chi connectivity index (χ1v) is 9.26. The Hall–Kier alpha value is -1.88. The molecule has 4 bridgehead atoms. The average molecular weight is 333 g/mol. The Morgan fingerprint density at radius 2 is 1.72 bits per heavy atom. The minimum atomic E-state index is 0.131. The lowest BCUT2D eigenvalue weighted by Gasteiger charge is -2.64. The predicted octanol–water partition coefficient (Wildman–Crippen LogP) is 3.34. The van der Waals surface area contributed by atoms with Gasteiger partial charge in [0.1, 0.15) is 11.2 Å². The van der Waals surface area contributed by atoms with Crippen molar-refractivity contribution in [2.24, 2.45) is 0 Å². The van der Waals surface area contributed by atoms with Gasteiger partial charge in [0.05, 0.1) is 20.0 Å². The van der Waals surface area contributed by atoms with E-state index in [9.17, 15) is 0 Å². The van der Waals surface area contributed by atoms with Crippen LogP contribution in [0.15, 0.2) is 40.8 Å². The van der Waals surface area contributed by atoms with E-state index < -0.39 is 0 Å². The van der Waals surface area contributed by atoms with E-state index in [-0.39, 0.29) is 5.41 Å². The third-order valence-electron chi connectivity index (χ3n) is 6.78. The molecule has 4 aliphatic heterocycles. The lowest BCUT2D eigenvalue weighted by Crippen LogP contribution is -2.77. The summed E-state index contributed by atoms with van der Waals surface area (Å²) >= 11 is 0. The summed E-state index contributed by atoms with van der Waals surface area (Å²) < 4.78 is 6.45. The predicted molar refractivity (Wildman–Crippen MR) is 99.4 cm³/mol. The van der Waals surface area contributed by atoms with Crippen molar-refractivity contribution in [2.75, 3.05) is 33.1 Å². The zero-order chi connectivity index (χ0) is 16.8. The van der Waals surface area contributed by atoms with E-state index in [4.69, 9.17) is 4.42 Å². The first-order chi connectivity index (χ1) is 12.2. The average Bonchev–Trinajstić information content (AvgIpc) is 2.97. The highest BCUT2D eigenvalue weighted by atomic mass is 16.3. The number of hydrogen-bond donors (Lipinski definition) is 0. The summed E-state index contributed by atoms with van der Waals surface area (Å²) in [5.74, 6) is 0. The van der Waals surface area contributed by atoms with Gasteiger partial charge in [-0.2, -0.15) is 0 Å². The van der Waals surface area contributed by atoms with Crippen LogP contribution in [0.5, 0.6) is 0 Å². The molecule has 7 rings (SSSR count). The largest absolute Gasteiger partial charge is 0.456 e. The molecular formula is C21H23N3O. The zero-order valence-electron chi connectivity index (χ0n) is 14.8. The normalized spacial score (nSPS) is 36.6. The third-order valence-corrected chi connectivity index (χ3v) is 6.78. The van der Waals surface area contributed by atoms with Gasteiger partial charge in [-0.15, -0.1) is 0 Å². The Bertz CT molecular complexity index is 993. The van der Waals surface area contributed by atoms with Gasteiger partial charge in [-0.3, -0.25) is 14.7 Å². The van der Waals surface area contributed by atoms with Crippen LogP contribution in [0.1, 0.15) is 18.1 Å². The number of nitrogens with zero attached hydrogens (tertiary/aromatic N) is 3. The van der Waals surface area contributed by atoms with E-state index in [0.717, 1.165) is 44.3 Å². The standard InChI is InChI=1S/C21H23N3O/c1-14-7-8-17-16-5-3-4-6-18(16)25-20(17)19(14)21-9-22-11-23(10-21)13-24(12-22)15(21)2/h3-8,15H,9-13H2,1-2H3. The quantitative estimate of drug-likeness (QED) is 0.681. The molecule has 4 saturated heterocycles. The molecule has 0 saturated carbocycles. The fourth-order valence-electron chi connectivity index (χ4n) is 5.71. The van der Waals surface area contributed by atoms with Crippen molar-refractivity contribution in [3.8, 4) is 0 Å². The molecule has 4 fully saturated rings. The molecule has 0 aliphatic carbocycles. The molecule has 5 heterocycles. The Labute approximate surface area is 147 Å². The van der Waals surface area contributed by atoms with E-state index in [1.807, 2.05) is 0 Å². The van der Waals surface area contributed by atoms with Crippen molar-refractivity contribution in [1.82, 2.24) is 14.7 Å². The number of hydrogen-bond acceptors (Lipinski definition) is 4. The SMILES string of the molecule is Cc1ccc2c(oc3ccccc32)c1C12CN3CN(CN(C3)C1C)C2. The summed E-state index contributed by atoms with van der Waals surface area (Å²) in [6.45, 7) is 10.3. The Kier molecular flexibility index (Phi) is 2.65. The van der Waals surface area contributed by atoms with Gasteiger partial charge in [-0.1, -0.05) is 30.3 Å². The van der Waals surface area contributed by atoms with Crippen molar-refractivity contribution in [3.63, 3.8) is 0 Å². The maximum absolute atomic E-state index is 6.45. The van der Waals surface area contributed by atoms with Crippen LogP contribution in [0.25, 0.3) is 21.9 Å². The summed E-state index contributed by atoms with van der Waals surface area (Å²) in [6, 6.07) is 13.5. The monoisotopic (exact) mass is 333 g/mol. The molecule has 4 aliphatic rings. The fraction of sp³-hybridized carbons (Fsp3) is 0.429. The van der Waals surface area contributed by atoms with Crippen LogP contribution in [0.4, 0.5) is 0 Å². The van der Waals surface area contributed by atoms with E-state index >= 15 is 0 Å². The second-order valence-corrected chi connectivity index (χ2v) is 8.24. The van der Waals surface area contributed by atoms with Crippen LogP contribution in [0.2, 0.25) is 0 Å². The molecule has 0 N–H and O–H groups in total. The lowest BCUT2D eigenvalue weighted by atomic mass is 9.68. The summed E-state index contributed by atoms with van der Waals surface area (Å²) in [7, 11) is 0. The number of benzene rings is 2. The highest BCUT2D eigenvalue weighted by molar-refractivity contribution is 6.06. The third kappa shape index (κ3) is 1.72. The second-order valence-electron chi connectivity index (χ2n) is 8.24. The van der Waals surface area contributed by atoms with Gasteiger partial charge < -0.3 is 4.42 Å². The topological polar surface area (TPSA) is 22.9 Å². The van der Waals surface area contributed by atoms with Crippen molar-refractivity contribution in [1.29, 1.82) is 0 Å². The minimum absolute atomic E-state index is 0.131. The molecule has 0 radical (unpaired) electrons. The van der Waals surface area contributed by atoms with Crippen molar-refractivity contribution in [3.05, 3.63) is 47.5 Å². The molecular weight excluding hydrogens is 310 g/mol. The van der Waals surface area contributed by atoms with E-state index in [1.54, 1.807) is 0 Å². The molecule has 3 aromatic rings. The highest BCUT2D eigenvalue weighted by Crippen LogP contribution is 2.47. The van der Waals surface area contributed by atoms with E-state index in [1.165, 1.54) is 21.9 Å². The van der Waals surface area contributed by atoms with Crippen LogP contribution < -0.4 is 0 Å². The molecule has 3 unspecified atom stereocenters. The number of fused-ring (bicyclic) bond motifs is 3. The van der Waals surface area contributed by atoms with Gasteiger partial charge in [0.15, 0.2) is 0 Å². The Morgan fingerprint density at radius 3 is 2.52 bits per heavy atom. The van der Waals surface area contributed by atoms with Crippen LogP contribution in [-0.4, -0.2) is 53.8 Å². The van der Waals surface area contributed by atoms with Gasteiger partial charge in [-0.05, 0) is 25.5 Å². The maximum Gasteiger partial charge on any atom is 0.139 e. The Balaban J connectivity index is 1.67. The second kappa shape index (κ2) is 4.64. The molecule has 4 heteroatoms. The van der Waals surface area contributed by atoms with Gasteiger partial charge in [0.25, 0.3) is 0 Å². The summed E-state index contributed by atoms with van der Waals surface area (Å²) in [6.07, 6.45) is 0. The molecule has 3 atom stereocenters. The van der Waals surface area contributed by atoms with Gasteiger partial charge in [0, 0.05) is 40.9 Å². The van der Waals surface area contributed by atoms with Crippen molar-refractivity contribution in [2.45, 2.75) is 25.3 Å². The van der Waals surface area contributed by atoms with Crippen LogP contribution in [0, 0.1) is 6.92 Å². The number of aryl methyl sites for hydroxylation is 1. The summed E-state index contributed by atoms with van der Waals surface area (Å²) in [5.41, 5.74) is 5.05. The molecule has 128 valence electrons. The highest BCUT2D eigenvalue weighted by Gasteiger charge is 2.55. The molecule has 2 aromatic carbocycles.